The summed E-state index contributed by atoms with van der Waals surface area (Å²) in [5.41, 5.74) is 1.45. The highest BCUT2D eigenvalue weighted by Crippen LogP contribution is 2.34. The number of rotatable bonds is 9. The van der Waals surface area contributed by atoms with Gasteiger partial charge in [0.05, 0.1) is 13.2 Å². The van der Waals surface area contributed by atoms with Crippen molar-refractivity contribution in [1.29, 1.82) is 0 Å². The van der Waals surface area contributed by atoms with Gasteiger partial charge in [0.1, 0.15) is 30.5 Å². The second-order valence-electron chi connectivity index (χ2n) is 8.84. The standard InChI is InChI=1S/C28H31FN2O4S/c1-4-19(2)31(28(33)20-8-10-21(29)11-9-20)17-27(32)30-14-12-26-24(13-15-36-26)25(30)18-35-23-7-5-6-22(16-23)34-3/h5-11,13,15-16,19,25H,4,12,14,17-18H2,1-3H3/t19-,25+/m0/s1. The molecule has 1 aliphatic heterocycles. The Labute approximate surface area is 215 Å². The molecular weight excluding hydrogens is 479 g/mol. The molecule has 190 valence electrons. The van der Waals surface area contributed by atoms with Crippen LogP contribution in [0, 0.1) is 5.82 Å². The molecule has 0 saturated carbocycles. The molecule has 4 rings (SSSR count). The largest absolute Gasteiger partial charge is 0.497 e. The number of halogens is 1. The summed E-state index contributed by atoms with van der Waals surface area (Å²) in [6.07, 6.45) is 1.46. The first-order chi connectivity index (χ1) is 17.4. The summed E-state index contributed by atoms with van der Waals surface area (Å²) in [6.45, 7) is 4.68. The number of thiophene rings is 1. The highest BCUT2D eigenvalue weighted by Gasteiger charge is 2.34. The Morgan fingerprint density at radius 1 is 1.17 bits per heavy atom. The number of carbonyl (C=O) groups excluding carboxylic acids is 2. The van der Waals surface area contributed by atoms with Crippen LogP contribution in [-0.2, 0) is 11.2 Å². The molecule has 8 heteroatoms. The van der Waals surface area contributed by atoms with E-state index in [2.05, 4.69) is 6.07 Å². The van der Waals surface area contributed by atoms with Crippen molar-refractivity contribution in [1.82, 2.24) is 9.80 Å². The van der Waals surface area contributed by atoms with Gasteiger partial charge >= 0.3 is 0 Å². The van der Waals surface area contributed by atoms with Crippen LogP contribution >= 0.6 is 11.3 Å². The van der Waals surface area contributed by atoms with Gasteiger partial charge in [0.15, 0.2) is 0 Å². The third kappa shape index (κ3) is 5.70. The Morgan fingerprint density at radius 2 is 1.92 bits per heavy atom. The average Bonchev–Trinajstić information content (AvgIpc) is 3.39. The first-order valence-corrected chi connectivity index (χ1v) is 13.0. The van der Waals surface area contributed by atoms with Gasteiger partial charge in [0.25, 0.3) is 5.91 Å². The van der Waals surface area contributed by atoms with E-state index in [9.17, 15) is 14.0 Å². The number of methoxy groups -OCH3 is 1. The summed E-state index contributed by atoms with van der Waals surface area (Å²) in [4.78, 5) is 31.6. The molecular formula is C28H31FN2O4S. The number of benzene rings is 2. The predicted molar refractivity (Wildman–Crippen MR) is 138 cm³/mol. The highest BCUT2D eigenvalue weighted by molar-refractivity contribution is 7.10. The predicted octanol–water partition coefficient (Wildman–Crippen LogP) is 5.34. The molecule has 36 heavy (non-hydrogen) atoms. The smallest absolute Gasteiger partial charge is 0.254 e. The minimum Gasteiger partial charge on any atom is -0.497 e. The maximum Gasteiger partial charge on any atom is 0.254 e. The second kappa shape index (κ2) is 11.6. The van der Waals surface area contributed by atoms with E-state index in [0.717, 1.165) is 12.0 Å². The summed E-state index contributed by atoms with van der Waals surface area (Å²) in [5.74, 6) is 0.536. The minimum atomic E-state index is -0.406. The van der Waals surface area contributed by atoms with E-state index in [1.165, 1.54) is 29.1 Å². The molecule has 0 aliphatic carbocycles. The molecule has 1 aliphatic rings. The molecule has 2 amide bonds. The Kier molecular flexibility index (Phi) is 8.25. The fourth-order valence-corrected chi connectivity index (χ4v) is 5.31. The van der Waals surface area contributed by atoms with Crippen molar-refractivity contribution < 1.29 is 23.5 Å². The van der Waals surface area contributed by atoms with E-state index in [0.29, 0.717) is 30.0 Å². The van der Waals surface area contributed by atoms with Gasteiger partial charge in [-0.05, 0) is 73.2 Å². The molecule has 0 N–H and O–H groups in total. The lowest BCUT2D eigenvalue weighted by Gasteiger charge is -2.38. The zero-order valence-corrected chi connectivity index (χ0v) is 21.6. The zero-order valence-electron chi connectivity index (χ0n) is 20.8. The normalized spacial score (nSPS) is 15.7. The van der Waals surface area contributed by atoms with Crippen LogP contribution in [0.1, 0.15) is 47.1 Å². The first-order valence-electron chi connectivity index (χ1n) is 12.1. The van der Waals surface area contributed by atoms with Crippen LogP contribution in [0.15, 0.2) is 60.0 Å². The van der Waals surface area contributed by atoms with Gasteiger partial charge in [-0.3, -0.25) is 9.59 Å². The van der Waals surface area contributed by atoms with Crippen LogP contribution in [0.5, 0.6) is 11.5 Å². The number of hydrogen-bond acceptors (Lipinski definition) is 5. The summed E-state index contributed by atoms with van der Waals surface area (Å²) in [5, 5.41) is 2.04. The molecule has 0 spiro atoms. The Morgan fingerprint density at radius 3 is 2.64 bits per heavy atom. The van der Waals surface area contributed by atoms with E-state index in [1.54, 1.807) is 23.3 Å². The number of amides is 2. The molecule has 3 aromatic rings. The van der Waals surface area contributed by atoms with E-state index in [-0.39, 0.29) is 37.0 Å². The van der Waals surface area contributed by atoms with Crippen molar-refractivity contribution >= 4 is 23.2 Å². The van der Waals surface area contributed by atoms with Crippen molar-refractivity contribution in [2.24, 2.45) is 0 Å². The van der Waals surface area contributed by atoms with Crippen molar-refractivity contribution in [3.63, 3.8) is 0 Å². The highest BCUT2D eigenvalue weighted by atomic mass is 32.1. The quantitative estimate of drug-likeness (QED) is 0.390. The molecule has 0 fully saturated rings. The van der Waals surface area contributed by atoms with E-state index >= 15 is 0 Å². The van der Waals surface area contributed by atoms with Crippen LogP contribution in [0.2, 0.25) is 0 Å². The molecule has 0 unspecified atom stereocenters. The Bertz CT molecular complexity index is 1200. The maximum absolute atomic E-state index is 13.7. The van der Waals surface area contributed by atoms with Gasteiger partial charge in [-0.15, -0.1) is 11.3 Å². The third-order valence-electron chi connectivity index (χ3n) is 6.64. The summed E-state index contributed by atoms with van der Waals surface area (Å²) < 4.78 is 24.8. The van der Waals surface area contributed by atoms with Crippen molar-refractivity contribution in [2.75, 3.05) is 26.8 Å². The molecule has 0 bridgehead atoms. The van der Waals surface area contributed by atoms with E-state index in [4.69, 9.17) is 9.47 Å². The van der Waals surface area contributed by atoms with Crippen molar-refractivity contribution in [3.8, 4) is 11.5 Å². The van der Waals surface area contributed by atoms with Crippen LogP contribution in [0.25, 0.3) is 0 Å². The zero-order chi connectivity index (χ0) is 25.7. The number of fused-ring (bicyclic) bond motifs is 1. The monoisotopic (exact) mass is 510 g/mol. The van der Waals surface area contributed by atoms with Gasteiger partial charge in [0, 0.05) is 29.1 Å². The molecule has 0 saturated heterocycles. The number of carbonyl (C=O) groups is 2. The number of ether oxygens (including phenoxy) is 2. The van der Waals surface area contributed by atoms with Gasteiger partial charge in [-0.2, -0.15) is 0 Å². The fourth-order valence-electron chi connectivity index (χ4n) is 4.38. The lowest BCUT2D eigenvalue weighted by atomic mass is 10.00. The second-order valence-corrected chi connectivity index (χ2v) is 9.84. The summed E-state index contributed by atoms with van der Waals surface area (Å²) >= 11 is 1.69. The molecule has 6 nitrogen and oxygen atoms in total. The molecule has 2 aromatic carbocycles. The van der Waals surface area contributed by atoms with Crippen molar-refractivity contribution in [3.05, 3.63) is 81.8 Å². The summed E-state index contributed by atoms with van der Waals surface area (Å²) in [7, 11) is 1.61. The van der Waals surface area contributed by atoms with Crippen molar-refractivity contribution in [2.45, 2.75) is 38.8 Å². The molecule has 0 radical (unpaired) electrons. The summed E-state index contributed by atoms with van der Waals surface area (Å²) in [6, 6.07) is 14.5. The van der Waals surface area contributed by atoms with Crippen LogP contribution in [0.3, 0.4) is 0 Å². The number of hydrogen-bond donors (Lipinski definition) is 0. The number of nitrogens with zero attached hydrogens (tertiary/aromatic N) is 2. The first kappa shape index (κ1) is 25.7. The Balaban J connectivity index is 1.54. The fraction of sp³-hybridized carbons (Fsp3) is 0.357. The minimum absolute atomic E-state index is 0.0552. The maximum atomic E-state index is 13.7. The van der Waals surface area contributed by atoms with Gasteiger partial charge in [-0.1, -0.05) is 13.0 Å². The lowest BCUT2D eigenvalue weighted by molar-refractivity contribution is -0.136. The van der Waals surface area contributed by atoms with Gasteiger partial charge in [0.2, 0.25) is 5.91 Å². The Hall–Kier alpha value is -3.39. The van der Waals surface area contributed by atoms with Crippen LogP contribution in [-0.4, -0.2) is 54.5 Å². The van der Waals surface area contributed by atoms with Crippen LogP contribution < -0.4 is 9.47 Å². The van der Waals surface area contributed by atoms with Gasteiger partial charge < -0.3 is 19.3 Å². The SMILES string of the molecule is CC[C@H](C)N(CC(=O)N1CCc2sccc2[C@H]1COc1cccc(OC)c1)C(=O)c1ccc(F)cc1. The molecule has 1 aromatic heterocycles. The van der Waals surface area contributed by atoms with E-state index in [1.807, 2.05) is 48.4 Å². The van der Waals surface area contributed by atoms with Crippen LogP contribution in [0.4, 0.5) is 4.39 Å². The lowest BCUT2D eigenvalue weighted by Crippen LogP contribution is -2.49. The molecule has 2 atom stereocenters. The third-order valence-corrected chi connectivity index (χ3v) is 7.64. The molecule has 2 heterocycles. The topological polar surface area (TPSA) is 59.1 Å². The average molecular weight is 511 g/mol. The van der Waals surface area contributed by atoms with E-state index < -0.39 is 5.82 Å². The van der Waals surface area contributed by atoms with Gasteiger partial charge in [-0.25, -0.2) is 4.39 Å².